The van der Waals surface area contributed by atoms with Gasteiger partial charge in [0.15, 0.2) is 5.78 Å². The predicted octanol–water partition coefficient (Wildman–Crippen LogP) is 3.32. The molecule has 0 radical (unpaired) electrons. The van der Waals surface area contributed by atoms with Crippen LogP contribution in [-0.2, 0) is 15.3 Å². The molecule has 0 saturated carbocycles. The highest BCUT2D eigenvalue weighted by Crippen LogP contribution is 2.35. The largest absolute Gasteiger partial charge is 0.289 e. The topological polar surface area (TPSA) is 75.9 Å². The lowest BCUT2D eigenvalue weighted by molar-refractivity contribution is 0.103. The molecule has 0 aliphatic rings. The van der Waals surface area contributed by atoms with Gasteiger partial charge in [0.25, 0.3) is 0 Å². The van der Waals surface area contributed by atoms with Crippen molar-refractivity contribution in [3.8, 4) is 0 Å². The molecule has 0 unspecified atom stereocenters. The molecule has 0 aliphatic heterocycles. The summed E-state index contributed by atoms with van der Waals surface area (Å²) in [6, 6.07) is 15.0. The van der Waals surface area contributed by atoms with Crippen molar-refractivity contribution < 1.29 is 14.4 Å². The van der Waals surface area contributed by atoms with Crippen LogP contribution in [0.25, 0.3) is 0 Å². The average molecular weight is 318 g/mol. The number of ketones is 1. The number of rotatable bonds is 6. The number of carbonyl (C=O) groups is 1. The first-order valence-electron chi connectivity index (χ1n) is 7.09. The van der Waals surface area contributed by atoms with Crippen molar-refractivity contribution in [2.75, 3.05) is 0 Å². The number of benzene rings is 2. The number of hydrogen-bond acceptors (Lipinski definition) is 5. The van der Waals surface area contributed by atoms with Gasteiger partial charge in [-0.25, -0.2) is 9.59 Å². The number of isocyanates is 2. The van der Waals surface area contributed by atoms with Crippen molar-refractivity contribution in [2.45, 2.75) is 12.6 Å². The fourth-order valence-electron chi connectivity index (χ4n) is 2.35. The third kappa shape index (κ3) is 3.18. The van der Waals surface area contributed by atoms with E-state index in [2.05, 4.69) is 16.6 Å². The number of nitrogens with zero attached hydrogens (tertiary/aromatic N) is 2. The Morgan fingerprint density at radius 3 is 1.88 bits per heavy atom. The molecule has 0 aliphatic carbocycles. The summed E-state index contributed by atoms with van der Waals surface area (Å²) in [5, 5.41) is 0. The highest BCUT2D eigenvalue weighted by atomic mass is 16.1. The lowest BCUT2D eigenvalue weighted by atomic mass is 9.91. The van der Waals surface area contributed by atoms with Crippen molar-refractivity contribution in [3.63, 3.8) is 0 Å². The molecule has 0 saturated heterocycles. The summed E-state index contributed by atoms with van der Waals surface area (Å²) >= 11 is 0. The van der Waals surface area contributed by atoms with E-state index in [1.54, 1.807) is 61.5 Å². The van der Waals surface area contributed by atoms with Crippen molar-refractivity contribution in [2.24, 2.45) is 9.98 Å². The fourth-order valence-corrected chi connectivity index (χ4v) is 2.35. The molecule has 2 aromatic carbocycles. The van der Waals surface area contributed by atoms with E-state index < -0.39 is 5.66 Å². The Balaban J connectivity index is 2.64. The SMILES string of the molecule is C=C(C)C(=O)c1ccc(C(N=C=O)(N=C=O)c2ccccc2)cc1. The van der Waals surface area contributed by atoms with E-state index in [-0.39, 0.29) is 5.78 Å². The van der Waals surface area contributed by atoms with Crippen LogP contribution < -0.4 is 0 Å². The molecule has 2 rings (SSSR count). The van der Waals surface area contributed by atoms with Crippen LogP contribution in [0, 0.1) is 0 Å². The monoisotopic (exact) mass is 318 g/mol. The van der Waals surface area contributed by atoms with Gasteiger partial charge in [0.2, 0.25) is 17.8 Å². The first-order chi connectivity index (χ1) is 11.5. The fraction of sp³-hybridized carbons (Fsp3) is 0.105. The van der Waals surface area contributed by atoms with E-state index in [0.717, 1.165) is 0 Å². The van der Waals surface area contributed by atoms with Crippen LogP contribution >= 0.6 is 0 Å². The summed E-state index contributed by atoms with van der Waals surface area (Å²) in [4.78, 5) is 41.4. The van der Waals surface area contributed by atoms with Gasteiger partial charge in [-0.1, -0.05) is 61.2 Å². The molecule has 0 bridgehead atoms. The Kier molecular flexibility index (Phi) is 5.13. The maximum atomic E-state index is 12.0. The zero-order valence-electron chi connectivity index (χ0n) is 13.0. The quantitative estimate of drug-likeness (QED) is 0.355. The summed E-state index contributed by atoms with van der Waals surface area (Å²) in [5.74, 6) is -0.190. The second kappa shape index (κ2) is 7.25. The Hall–Kier alpha value is -3.39. The number of carbonyl (C=O) groups excluding carboxylic acids is 3. The highest BCUT2D eigenvalue weighted by Gasteiger charge is 2.34. The average Bonchev–Trinajstić information content (AvgIpc) is 2.61. The third-order valence-corrected chi connectivity index (χ3v) is 3.53. The van der Waals surface area contributed by atoms with Gasteiger partial charge >= 0.3 is 0 Å². The smallest absolute Gasteiger partial charge is 0.238 e. The minimum Gasteiger partial charge on any atom is -0.289 e. The van der Waals surface area contributed by atoms with Gasteiger partial charge in [0, 0.05) is 16.7 Å². The van der Waals surface area contributed by atoms with Gasteiger partial charge in [0.1, 0.15) is 0 Å². The molecule has 5 heteroatoms. The Labute approximate surface area is 139 Å². The van der Waals surface area contributed by atoms with Crippen LogP contribution in [0.2, 0.25) is 0 Å². The van der Waals surface area contributed by atoms with Crippen LogP contribution in [0.1, 0.15) is 28.4 Å². The second-order valence-corrected chi connectivity index (χ2v) is 5.13. The summed E-state index contributed by atoms with van der Waals surface area (Å²) in [5.41, 5.74) is 0.233. The summed E-state index contributed by atoms with van der Waals surface area (Å²) in [6.07, 6.45) is 2.93. The van der Waals surface area contributed by atoms with Gasteiger partial charge in [0.05, 0.1) is 0 Å². The van der Waals surface area contributed by atoms with Crippen molar-refractivity contribution >= 4 is 17.9 Å². The minimum atomic E-state index is -1.57. The summed E-state index contributed by atoms with van der Waals surface area (Å²) in [6.45, 7) is 5.24. The Morgan fingerprint density at radius 2 is 1.42 bits per heavy atom. The number of allylic oxidation sites excluding steroid dienone is 1. The van der Waals surface area contributed by atoms with Crippen LogP contribution in [0.5, 0.6) is 0 Å². The Bertz CT molecular complexity index is 839. The zero-order valence-corrected chi connectivity index (χ0v) is 13.0. The highest BCUT2D eigenvalue weighted by molar-refractivity contribution is 6.07. The van der Waals surface area contributed by atoms with E-state index in [0.29, 0.717) is 22.3 Å². The maximum Gasteiger partial charge on any atom is 0.238 e. The molecule has 0 spiro atoms. The first kappa shape index (κ1) is 17.0. The van der Waals surface area contributed by atoms with E-state index in [4.69, 9.17) is 0 Å². The van der Waals surface area contributed by atoms with Gasteiger partial charge < -0.3 is 0 Å². The minimum absolute atomic E-state index is 0.190. The second-order valence-electron chi connectivity index (χ2n) is 5.13. The predicted molar refractivity (Wildman–Crippen MR) is 89.1 cm³/mol. The molecule has 24 heavy (non-hydrogen) atoms. The molecule has 0 atom stereocenters. The molecule has 0 N–H and O–H groups in total. The molecule has 2 aromatic rings. The van der Waals surface area contributed by atoms with E-state index in [1.807, 2.05) is 0 Å². The lowest BCUT2D eigenvalue weighted by Crippen LogP contribution is -2.22. The molecular formula is C19H14N2O3. The van der Waals surface area contributed by atoms with Gasteiger partial charge in [-0.3, -0.25) is 4.79 Å². The van der Waals surface area contributed by atoms with Crippen LogP contribution in [-0.4, -0.2) is 17.9 Å². The molecular weight excluding hydrogens is 304 g/mol. The third-order valence-electron chi connectivity index (χ3n) is 3.53. The molecule has 0 fully saturated rings. The maximum absolute atomic E-state index is 12.0. The van der Waals surface area contributed by atoms with Gasteiger partial charge in [-0.05, 0) is 12.5 Å². The number of Topliss-reactive ketones (excluding diaryl/α,β-unsaturated/α-hetero) is 1. The number of hydrogen-bond donors (Lipinski definition) is 0. The van der Waals surface area contributed by atoms with E-state index in [9.17, 15) is 14.4 Å². The molecule has 5 nitrogen and oxygen atoms in total. The first-order valence-corrected chi connectivity index (χ1v) is 7.09. The Morgan fingerprint density at radius 1 is 0.917 bits per heavy atom. The molecule has 0 heterocycles. The summed E-state index contributed by atoms with van der Waals surface area (Å²) < 4.78 is 0. The van der Waals surface area contributed by atoms with Crippen LogP contribution in [0.3, 0.4) is 0 Å². The van der Waals surface area contributed by atoms with Crippen molar-refractivity contribution in [1.82, 2.24) is 0 Å². The lowest BCUT2D eigenvalue weighted by Gasteiger charge is -2.23. The zero-order chi connectivity index (χ0) is 17.6. The van der Waals surface area contributed by atoms with E-state index >= 15 is 0 Å². The molecule has 0 aromatic heterocycles. The van der Waals surface area contributed by atoms with Crippen molar-refractivity contribution in [3.05, 3.63) is 83.4 Å². The summed E-state index contributed by atoms with van der Waals surface area (Å²) in [7, 11) is 0. The van der Waals surface area contributed by atoms with Crippen LogP contribution in [0.15, 0.2) is 76.7 Å². The van der Waals surface area contributed by atoms with Gasteiger partial charge in [-0.15, -0.1) is 0 Å². The molecule has 0 amide bonds. The normalized spacial score (nSPS) is 12.2. The standard InChI is InChI=1S/C19H14N2O3/c1-14(2)18(24)15-8-10-17(11-9-15)19(20-12-22,21-13-23)16-6-4-3-5-7-16/h3-11H,1H2,2H3. The van der Waals surface area contributed by atoms with Crippen molar-refractivity contribution in [1.29, 1.82) is 0 Å². The number of aliphatic imine (C=N–C) groups is 2. The van der Waals surface area contributed by atoms with E-state index in [1.165, 1.54) is 12.2 Å². The van der Waals surface area contributed by atoms with Gasteiger partial charge in [-0.2, -0.15) is 9.98 Å². The van der Waals surface area contributed by atoms with Crippen LogP contribution in [0.4, 0.5) is 0 Å². The molecule has 118 valence electrons.